The molecule has 0 aliphatic carbocycles. The van der Waals surface area contributed by atoms with Crippen molar-refractivity contribution in [2.24, 2.45) is 0 Å². The highest BCUT2D eigenvalue weighted by Crippen LogP contribution is 2.27. The molecular formula is C27H16ClN3. The quantitative estimate of drug-likeness (QED) is 0.323. The summed E-state index contributed by atoms with van der Waals surface area (Å²) < 4.78 is 0. The van der Waals surface area contributed by atoms with E-state index >= 15 is 0 Å². The van der Waals surface area contributed by atoms with E-state index in [4.69, 9.17) is 16.6 Å². The van der Waals surface area contributed by atoms with Crippen LogP contribution in [0.4, 0.5) is 0 Å². The van der Waals surface area contributed by atoms with E-state index < -0.39 is 0 Å². The minimum absolute atomic E-state index is 0.152. The normalized spacial score (nSPS) is 10.5. The van der Waals surface area contributed by atoms with Crippen LogP contribution in [0, 0.1) is 12.1 Å². The van der Waals surface area contributed by atoms with Gasteiger partial charge in [-0.25, -0.2) is 4.98 Å². The highest BCUT2D eigenvalue weighted by atomic mass is 35.5. The molecule has 0 amide bonds. The Kier molecular flexibility index (Phi) is 5.14. The molecule has 0 atom stereocenters. The molecule has 5 aromatic rings. The molecule has 0 radical (unpaired) electrons. The predicted octanol–water partition coefficient (Wildman–Crippen LogP) is 6.79. The van der Waals surface area contributed by atoms with Crippen LogP contribution in [0.2, 0.25) is 5.28 Å². The molecule has 31 heavy (non-hydrogen) atoms. The van der Waals surface area contributed by atoms with Crippen molar-refractivity contribution in [2.45, 2.75) is 0 Å². The maximum Gasteiger partial charge on any atom is 0.226 e. The Labute approximate surface area is 186 Å². The lowest BCUT2D eigenvalue weighted by Gasteiger charge is -2.07. The van der Waals surface area contributed by atoms with Gasteiger partial charge < -0.3 is 0 Å². The molecule has 1 heterocycles. The first-order valence-corrected chi connectivity index (χ1v) is 10.2. The Morgan fingerprint density at radius 3 is 1.90 bits per heavy atom. The van der Waals surface area contributed by atoms with E-state index in [0.29, 0.717) is 11.6 Å². The molecule has 0 bridgehead atoms. The highest BCUT2D eigenvalue weighted by Gasteiger charge is 2.11. The molecule has 146 valence electrons. The monoisotopic (exact) mass is 417 g/mol. The zero-order valence-corrected chi connectivity index (χ0v) is 17.2. The van der Waals surface area contributed by atoms with Gasteiger partial charge in [0.25, 0.3) is 0 Å². The van der Waals surface area contributed by atoms with Crippen molar-refractivity contribution in [3.63, 3.8) is 0 Å². The summed E-state index contributed by atoms with van der Waals surface area (Å²) in [5.74, 6) is 1.03. The third-order valence-electron chi connectivity index (χ3n) is 4.91. The van der Waals surface area contributed by atoms with Crippen molar-refractivity contribution in [3.8, 4) is 45.0 Å². The van der Waals surface area contributed by atoms with Gasteiger partial charge in [-0.2, -0.15) is 9.97 Å². The smallest absolute Gasteiger partial charge is 0.208 e. The lowest BCUT2D eigenvalue weighted by molar-refractivity contribution is 1.07. The molecule has 4 heteroatoms. The first-order valence-electron chi connectivity index (χ1n) is 9.83. The van der Waals surface area contributed by atoms with Crippen molar-refractivity contribution in [2.75, 3.05) is 0 Å². The van der Waals surface area contributed by atoms with Gasteiger partial charge in [-0.1, -0.05) is 91.0 Å². The van der Waals surface area contributed by atoms with Crippen molar-refractivity contribution >= 4 is 11.6 Å². The summed E-state index contributed by atoms with van der Waals surface area (Å²) in [5, 5.41) is 0.152. The Morgan fingerprint density at radius 1 is 0.548 bits per heavy atom. The molecule has 0 spiro atoms. The lowest BCUT2D eigenvalue weighted by Crippen LogP contribution is -1.97. The summed E-state index contributed by atoms with van der Waals surface area (Å²) >= 11 is 6.28. The van der Waals surface area contributed by atoms with Gasteiger partial charge in [-0.05, 0) is 46.5 Å². The molecule has 0 aliphatic rings. The molecule has 5 rings (SSSR count). The van der Waals surface area contributed by atoms with Gasteiger partial charge in [0.2, 0.25) is 5.28 Å². The molecule has 0 aliphatic heterocycles. The summed E-state index contributed by atoms with van der Waals surface area (Å²) in [5.41, 5.74) is 5.87. The van der Waals surface area contributed by atoms with E-state index in [1.807, 2.05) is 72.8 Å². The van der Waals surface area contributed by atoms with Crippen molar-refractivity contribution < 1.29 is 0 Å². The van der Waals surface area contributed by atoms with Crippen molar-refractivity contribution in [3.05, 3.63) is 114 Å². The molecule has 3 nitrogen and oxygen atoms in total. The average molecular weight is 418 g/mol. The number of rotatable bonds is 4. The van der Waals surface area contributed by atoms with Crippen molar-refractivity contribution in [1.82, 2.24) is 15.0 Å². The summed E-state index contributed by atoms with van der Waals surface area (Å²) in [6.07, 6.45) is 0. The van der Waals surface area contributed by atoms with Crippen LogP contribution in [0.15, 0.2) is 97.1 Å². The average Bonchev–Trinajstić information content (AvgIpc) is 2.85. The SMILES string of the molecule is Clc1nc(-c2cc#cc(-c3ccccc3)c2)nc(-c2cccc(-c3ccccc3)c2)n1. The molecule has 0 fully saturated rings. The van der Waals surface area contributed by atoms with E-state index in [0.717, 1.165) is 33.4 Å². The Morgan fingerprint density at radius 2 is 1.16 bits per heavy atom. The van der Waals surface area contributed by atoms with Gasteiger partial charge in [0.05, 0.1) is 0 Å². The fourth-order valence-electron chi connectivity index (χ4n) is 3.40. The molecule has 0 N–H and O–H groups in total. The van der Waals surface area contributed by atoms with Crippen molar-refractivity contribution in [1.29, 1.82) is 0 Å². The van der Waals surface area contributed by atoms with E-state index in [1.54, 1.807) is 0 Å². The molecular weight excluding hydrogens is 402 g/mol. The second kappa shape index (κ2) is 8.39. The summed E-state index contributed by atoms with van der Waals surface area (Å²) in [6.45, 7) is 0. The van der Waals surface area contributed by atoms with Crippen LogP contribution in [-0.4, -0.2) is 15.0 Å². The zero-order chi connectivity index (χ0) is 21.0. The summed E-state index contributed by atoms with van der Waals surface area (Å²) in [6, 6.07) is 38.3. The van der Waals surface area contributed by atoms with Crippen LogP contribution in [0.25, 0.3) is 45.0 Å². The molecule has 1 aromatic heterocycles. The van der Waals surface area contributed by atoms with E-state index in [2.05, 4.69) is 46.4 Å². The second-order valence-electron chi connectivity index (χ2n) is 6.99. The standard InChI is InChI=1S/C27H16ClN3/c28-27-30-25(23-15-7-13-21(17-23)19-9-3-1-4-10-19)29-26(31-27)24-16-8-14-22(18-24)20-11-5-2-6-12-20/h1-7,9-13,15-18H. The van der Waals surface area contributed by atoms with Gasteiger partial charge in [-0.15, -0.1) is 0 Å². The van der Waals surface area contributed by atoms with Crippen LogP contribution in [-0.2, 0) is 0 Å². The number of benzene rings is 3. The minimum atomic E-state index is 0.152. The fourth-order valence-corrected chi connectivity index (χ4v) is 3.56. The first kappa shape index (κ1) is 19.0. The molecule has 4 aromatic carbocycles. The van der Waals surface area contributed by atoms with Gasteiger partial charge in [0.1, 0.15) is 0 Å². The van der Waals surface area contributed by atoms with Crippen LogP contribution < -0.4 is 0 Å². The van der Waals surface area contributed by atoms with Gasteiger partial charge >= 0.3 is 0 Å². The Hall–Kier alpha value is -4.00. The summed E-state index contributed by atoms with van der Waals surface area (Å²) in [4.78, 5) is 13.4. The maximum absolute atomic E-state index is 6.28. The topological polar surface area (TPSA) is 38.7 Å². The van der Waals surface area contributed by atoms with Crippen LogP contribution >= 0.6 is 11.6 Å². The highest BCUT2D eigenvalue weighted by molar-refractivity contribution is 6.28. The Bertz CT molecular complexity index is 1230. The van der Waals surface area contributed by atoms with E-state index in [-0.39, 0.29) is 5.28 Å². The van der Waals surface area contributed by atoms with Gasteiger partial charge in [0, 0.05) is 16.7 Å². The lowest BCUT2D eigenvalue weighted by atomic mass is 10.0. The zero-order valence-electron chi connectivity index (χ0n) is 16.5. The number of hydrogen-bond acceptors (Lipinski definition) is 3. The van der Waals surface area contributed by atoms with E-state index in [1.165, 1.54) is 0 Å². The van der Waals surface area contributed by atoms with Crippen LogP contribution in [0.1, 0.15) is 0 Å². The van der Waals surface area contributed by atoms with Crippen LogP contribution in [0.5, 0.6) is 0 Å². The molecule has 0 saturated carbocycles. The minimum Gasteiger partial charge on any atom is -0.208 e. The molecule has 0 unspecified atom stereocenters. The number of nitrogens with zero attached hydrogens (tertiary/aromatic N) is 3. The van der Waals surface area contributed by atoms with Gasteiger partial charge in [0.15, 0.2) is 11.6 Å². The predicted molar refractivity (Wildman–Crippen MR) is 124 cm³/mol. The number of hydrogen-bond donors (Lipinski definition) is 0. The Balaban J connectivity index is 1.56. The van der Waals surface area contributed by atoms with Gasteiger partial charge in [-0.3, -0.25) is 0 Å². The summed E-state index contributed by atoms with van der Waals surface area (Å²) in [7, 11) is 0. The third kappa shape index (κ3) is 4.16. The largest absolute Gasteiger partial charge is 0.226 e. The van der Waals surface area contributed by atoms with Crippen LogP contribution in [0.3, 0.4) is 0 Å². The molecule has 0 saturated heterocycles. The fraction of sp³-hybridized carbons (Fsp3) is 0. The number of aromatic nitrogens is 3. The second-order valence-corrected chi connectivity index (χ2v) is 7.33. The number of halogens is 1. The third-order valence-corrected chi connectivity index (χ3v) is 5.08. The first-order chi connectivity index (χ1) is 15.3. The maximum atomic E-state index is 6.28. The van der Waals surface area contributed by atoms with E-state index in [9.17, 15) is 0 Å².